The van der Waals surface area contributed by atoms with Gasteiger partial charge in [0.1, 0.15) is 14.3 Å². The summed E-state index contributed by atoms with van der Waals surface area (Å²) in [6.07, 6.45) is 9.91. The van der Waals surface area contributed by atoms with Gasteiger partial charge in [-0.3, -0.25) is 0 Å². The number of alkyl halides is 3. The van der Waals surface area contributed by atoms with Crippen molar-refractivity contribution in [2.75, 3.05) is 0 Å². The van der Waals surface area contributed by atoms with Gasteiger partial charge in [0, 0.05) is 33.2 Å². The molecule has 292 valence electrons. The minimum atomic E-state index is -6.09. The van der Waals surface area contributed by atoms with Gasteiger partial charge in [0.25, 0.3) is 0 Å². The molecule has 0 radical (unpaired) electrons. The molecule has 0 saturated carbocycles. The monoisotopic (exact) mass is 856 g/mol. The van der Waals surface area contributed by atoms with E-state index in [9.17, 15) is 22.3 Å². The Labute approximate surface area is 318 Å². The van der Waals surface area contributed by atoms with Crippen LogP contribution in [0.5, 0.6) is 0 Å². The first-order chi connectivity index (χ1) is 23.2. The van der Waals surface area contributed by atoms with E-state index in [-0.39, 0.29) is 32.9 Å². The van der Waals surface area contributed by atoms with Gasteiger partial charge in [-0.2, -0.15) is 13.2 Å². The Hall–Kier alpha value is -0.0205. The number of halogens is 3. The number of hydrogen-bond acceptors (Lipinski definition) is 5. The minimum absolute atomic E-state index is 0. The fourth-order valence-electron chi connectivity index (χ4n) is 8.85. The normalized spacial score (nSPS) is 32.0. The van der Waals surface area contributed by atoms with Crippen LogP contribution in [0.3, 0.4) is 0 Å². The van der Waals surface area contributed by atoms with E-state index in [1.165, 1.54) is 46.9 Å². The second-order valence-electron chi connectivity index (χ2n) is 15.2. The molecule has 4 aliphatic rings. The van der Waals surface area contributed by atoms with Gasteiger partial charge in [0.15, 0.2) is 10.1 Å². The van der Waals surface area contributed by atoms with Crippen LogP contribution in [0, 0.1) is 0 Å². The van der Waals surface area contributed by atoms with Crippen LogP contribution in [0.1, 0.15) is 107 Å². The first kappa shape index (κ1) is 45.4. The fraction of sp³-hybridized carbons (Fsp3) is 0.676. The van der Waals surface area contributed by atoms with Crippen molar-refractivity contribution in [2.24, 2.45) is 0 Å². The summed E-state index contributed by atoms with van der Waals surface area (Å²) in [5, 5.41) is 5.48. The predicted octanol–water partition coefficient (Wildman–Crippen LogP) is 9.90. The van der Waals surface area contributed by atoms with Gasteiger partial charge in [-0.1, -0.05) is 120 Å². The second-order valence-corrected chi connectivity index (χ2v) is 30.0. The standard InChI is InChI=1S/2C18H28OP2.CHF3O3S.Cu/c2*1-13-9-10-14(2)20(13)17-7-5-6-8-18(17)21(19)15(3)11-12-16(21)4;2-1(3,4)8(5,6)7;/h2*5-8,13-16H,9-12H2,1-4H3;(H,5,6,7);/q;;;+1/p-1/t2*13-,14-,15-,16-;;/m00../s1. The molecule has 8 atom stereocenters. The third kappa shape index (κ3) is 9.34. The average Bonchev–Trinajstić information content (AvgIpc) is 3.74. The van der Waals surface area contributed by atoms with Crippen molar-refractivity contribution < 1.29 is 52.3 Å². The van der Waals surface area contributed by atoms with E-state index in [2.05, 4.69) is 104 Å². The topological polar surface area (TPSA) is 91.3 Å². The first-order valence-electron chi connectivity index (χ1n) is 18.1. The molecule has 5 nitrogen and oxygen atoms in total. The number of hydrogen-bond donors (Lipinski definition) is 0. The van der Waals surface area contributed by atoms with Gasteiger partial charge in [-0.15, -0.1) is 0 Å². The summed E-state index contributed by atoms with van der Waals surface area (Å²) in [6.45, 7) is 18.5. The van der Waals surface area contributed by atoms with Gasteiger partial charge in [-0.25, -0.2) is 8.42 Å². The Balaban J connectivity index is 0.000000225. The van der Waals surface area contributed by atoms with Crippen molar-refractivity contribution in [3.8, 4) is 0 Å². The molecule has 4 fully saturated rings. The van der Waals surface area contributed by atoms with Gasteiger partial charge in [0.05, 0.1) is 0 Å². The number of rotatable bonds is 4. The van der Waals surface area contributed by atoms with E-state index in [0.29, 0.717) is 22.6 Å². The maximum atomic E-state index is 13.9. The molecule has 2 aromatic rings. The van der Waals surface area contributed by atoms with Gasteiger partial charge in [-0.05, 0) is 84.6 Å². The third-order valence-corrected chi connectivity index (χ3v) is 28.1. The summed E-state index contributed by atoms with van der Waals surface area (Å²) >= 11 is 0. The molecule has 14 heteroatoms. The molecule has 0 bridgehead atoms. The molecule has 0 N–H and O–H groups in total. The second kappa shape index (κ2) is 17.8. The molecule has 0 unspecified atom stereocenters. The Morgan fingerprint density at radius 2 is 0.804 bits per heavy atom. The van der Waals surface area contributed by atoms with Crippen molar-refractivity contribution in [3.05, 3.63) is 48.5 Å². The van der Waals surface area contributed by atoms with Crippen LogP contribution in [0.2, 0.25) is 0 Å². The zero-order valence-corrected chi connectivity index (χ0v) is 36.4. The Kier molecular flexibility index (Phi) is 15.9. The molecule has 4 saturated heterocycles. The van der Waals surface area contributed by atoms with E-state index in [1.54, 1.807) is 0 Å². The van der Waals surface area contributed by atoms with Crippen LogP contribution >= 0.6 is 30.1 Å². The minimum Gasteiger partial charge on any atom is -0.741 e. The first-order valence-corrected chi connectivity index (χ1v) is 26.2. The van der Waals surface area contributed by atoms with Gasteiger partial charge in [0.2, 0.25) is 0 Å². The zero-order chi connectivity index (χ0) is 37.4. The molecule has 51 heavy (non-hydrogen) atoms. The molecule has 4 aliphatic heterocycles. The Morgan fingerprint density at radius 1 is 0.569 bits per heavy atom. The maximum absolute atomic E-state index is 13.9. The summed E-state index contributed by atoms with van der Waals surface area (Å²) in [4.78, 5) is 0. The summed E-state index contributed by atoms with van der Waals surface area (Å²) in [6, 6.07) is 17.6. The summed E-state index contributed by atoms with van der Waals surface area (Å²) in [5.41, 5.74) is -1.01. The zero-order valence-electron chi connectivity index (χ0n) is 31.1. The van der Waals surface area contributed by atoms with Crippen molar-refractivity contribution in [1.29, 1.82) is 0 Å². The molecule has 0 amide bonds. The van der Waals surface area contributed by atoms with E-state index in [4.69, 9.17) is 13.0 Å². The SMILES string of the molecule is C[C@H]1CC[C@H](C)P1c1ccccc1P1(=O)[C@@H](C)CC[C@@H]1C.C[C@H]1CC[C@H](C)P1c1ccccc1P1(=O)[C@@H](C)CC[C@@H]1C.O=S(=O)([O-])C(F)(F)F.[Cu+]. The van der Waals surface area contributed by atoms with Gasteiger partial charge < -0.3 is 13.7 Å². The molecule has 0 aliphatic carbocycles. The Bertz CT molecular complexity index is 1540. The molecule has 4 heterocycles. The molecule has 6 rings (SSSR count). The summed E-state index contributed by atoms with van der Waals surface area (Å²) in [5.74, 6) is 0. The predicted molar refractivity (Wildman–Crippen MR) is 209 cm³/mol. The van der Waals surface area contributed by atoms with Crippen molar-refractivity contribution in [2.45, 2.75) is 158 Å². The van der Waals surface area contributed by atoms with E-state index in [0.717, 1.165) is 48.3 Å². The van der Waals surface area contributed by atoms with Crippen molar-refractivity contribution in [3.63, 3.8) is 0 Å². The smallest absolute Gasteiger partial charge is 0.741 e. The van der Waals surface area contributed by atoms with E-state index in [1.807, 2.05) is 0 Å². The maximum Gasteiger partial charge on any atom is 1.00 e. The molecular formula is C37H56CuF3O5P4S. The number of benzene rings is 2. The van der Waals surface area contributed by atoms with Crippen LogP contribution in [-0.2, 0) is 36.3 Å². The quantitative estimate of drug-likeness (QED) is 0.132. The molecule has 0 spiro atoms. The largest absolute Gasteiger partial charge is 1.00 e. The molecule has 2 aromatic carbocycles. The van der Waals surface area contributed by atoms with Crippen LogP contribution in [0.15, 0.2) is 48.5 Å². The summed E-state index contributed by atoms with van der Waals surface area (Å²) < 4.78 is 86.7. The Morgan fingerprint density at radius 3 is 1.04 bits per heavy atom. The van der Waals surface area contributed by atoms with Crippen LogP contribution in [-0.4, -0.2) is 63.8 Å². The van der Waals surface area contributed by atoms with Gasteiger partial charge >= 0.3 is 22.6 Å². The summed E-state index contributed by atoms with van der Waals surface area (Å²) in [7, 11) is -10.8. The molecule has 0 aromatic heterocycles. The fourth-order valence-corrected chi connectivity index (χ4v) is 24.3. The van der Waals surface area contributed by atoms with E-state index >= 15 is 0 Å². The van der Waals surface area contributed by atoms with Crippen LogP contribution < -0.4 is 21.2 Å². The van der Waals surface area contributed by atoms with Crippen molar-refractivity contribution in [1.82, 2.24) is 0 Å². The average molecular weight is 857 g/mol. The van der Waals surface area contributed by atoms with Crippen molar-refractivity contribution >= 4 is 61.5 Å². The van der Waals surface area contributed by atoms with E-state index < -0.39 is 29.9 Å². The van der Waals surface area contributed by atoms with Crippen LogP contribution in [0.25, 0.3) is 0 Å². The molecular weight excluding hydrogens is 801 g/mol. The van der Waals surface area contributed by atoms with Crippen LogP contribution in [0.4, 0.5) is 13.2 Å². The third-order valence-electron chi connectivity index (χ3n) is 11.9.